The summed E-state index contributed by atoms with van der Waals surface area (Å²) in [6, 6.07) is 3.31. The van der Waals surface area contributed by atoms with Crippen LogP contribution in [0.2, 0.25) is 0 Å². The normalized spacial score (nSPS) is 11.0. The molecule has 0 spiro atoms. The SMILES string of the molecule is C=CCn1c(SCc2cc(=O)n(C)c(=O)n2C)nnc1-c1ccoc1C. The molecule has 3 heterocycles. The maximum atomic E-state index is 12.0. The van der Waals surface area contributed by atoms with Gasteiger partial charge < -0.3 is 4.42 Å². The van der Waals surface area contributed by atoms with Crippen molar-refractivity contribution in [1.82, 2.24) is 23.9 Å². The average Bonchev–Trinajstić information content (AvgIpc) is 3.21. The molecular weight excluding hydrogens is 354 g/mol. The van der Waals surface area contributed by atoms with Crippen molar-refractivity contribution in [3.63, 3.8) is 0 Å². The zero-order valence-corrected chi connectivity index (χ0v) is 15.6. The zero-order chi connectivity index (χ0) is 18.8. The van der Waals surface area contributed by atoms with E-state index in [0.29, 0.717) is 29.0 Å². The van der Waals surface area contributed by atoms with Crippen LogP contribution in [-0.4, -0.2) is 23.9 Å². The van der Waals surface area contributed by atoms with Crippen LogP contribution in [0, 0.1) is 6.92 Å². The molecule has 0 N–H and O–H groups in total. The van der Waals surface area contributed by atoms with Gasteiger partial charge in [0.1, 0.15) is 5.76 Å². The number of allylic oxidation sites excluding steroid dienone is 1. The molecule has 3 aromatic rings. The molecule has 8 nitrogen and oxygen atoms in total. The van der Waals surface area contributed by atoms with Gasteiger partial charge in [-0.05, 0) is 13.0 Å². The maximum Gasteiger partial charge on any atom is 0.330 e. The quantitative estimate of drug-likeness (QED) is 0.483. The molecule has 0 fully saturated rings. The standard InChI is InChI=1S/C17H19N5O3S/c1-5-7-22-15(13-6-8-25-11(13)2)18-19-16(22)26-10-12-9-14(23)21(4)17(24)20(12)3/h5-6,8-9H,1,7,10H2,2-4H3. The van der Waals surface area contributed by atoms with Crippen molar-refractivity contribution >= 4 is 11.8 Å². The number of hydrogen-bond acceptors (Lipinski definition) is 6. The summed E-state index contributed by atoms with van der Waals surface area (Å²) in [5.74, 6) is 1.87. The highest BCUT2D eigenvalue weighted by Crippen LogP contribution is 2.28. The predicted octanol–water partition coefficient (Wildman–Crippen LogP) is 1.72. The molecule has 26 heavy (non-hydrogen) atoms. The fourth-order valence-corrected chi connectivity index (χ4v) is 3.53. The highest BCUT2D eigenvalue weighted by atomic mass is 32.2. The van der Waals surface area contributed by atoms with Gasteiger partial charge in [-0.25, -0.2) is 4.79 Å². The smallest absolute Gasteiger partial charge is 0.330 e. The van der Waals surface area contributed by atoms with E-state index in [1.54, 1.807) is 19.4 Å². The van der Waals surface area contributed by atoms with Crippen LogP contribution in [-0.2, 0) is 26.4 Å². The van der Waals surface area contributed by atoms with E-state index in [2.05, 4.69) is 16.8 Å². The van der Waals surface area contributed by atoms with Crippen LogP contribution in [0.3, 0.4) is 0 Å². The summed E-state index contributed by atoms with van der Waals surface area (Å²) in [5, 5.41) is 9.20. The number of nitrogens with zero attached hydrogens (tertiary/aromatic N) is 5. The summed E-state index contributed by atoms with van der Waals surface area (Å²) < 4.78 is 9.82. The molecule has 0 aliphatic heterocycles. The van der Waals surface area contributed by atoms with Gasteiger partial charge in [0.25, 0.3) is 5.56 Å². The Balaban J connectivity index is 1.93. The first-order valence-corrected chi connectivity index (χ1v) is 8.90. The van der Waals surface area contributed by atoms with Crippen molar-refractivity contribution in [2.75, 3.05) is 0 Å². The van der Waals surface area contributed by atoms with Gasteiger partial charge in [0.15, 0.2) is 11.0 Å². The average molecular weight is 373 g/mol. The van der Waals surface area contributed by atoms with Gasteiger partial charge >= 0.3 is 5.69 Å². The van der Waals surface area contributed by atoms with Gasteiger partial charge in [-0.15, -0.1) is 16.8 Å². The van der Waals surface area contributed by atoms with E-state index in [0.717, 1.165) is 15.9 Å². The lowest BCUT2D eigenvalue weighted by Gasteiger charge is -2.10. The molecule has 0 bridgehead atoms. The minimum Gasteiger partial charge on any atom is -0.469 e. The summed E-state index contributed by atoms with van der Waals surface area (Å²) in [6.45, 7) is 6.19. The number of furan rings is 1. The summed E-state index contributed by atoms with van der Waals surface area (Å²) in [6.07, 6.45) is 3.38. The van der Waals surface area contributed by atoms with Gasteiger partial charge in [-0.1, -0.05) is 17.8 Å². The zero-order valence-electron chi connectivity index (χ0n) is 14.8. The third-order valence-corrected chi connectivity index (χ3v) is 5.10. The van der Waals surface area contributed by atoms with Crippen molar-refractivity contribution in [2.24, 2.45) is 14.1 Å². The van der Waals surface area contributed by atoms with Crippen LogP contribution in [0.4, 0.5) is 0 Å². The van der Waals surface area contributed by atoms with Crippen molar-refractivity contribution < 1.29 is 4.42 Å². The second-order valence-corrected chi connectivity index (χ2v) is 6.70. The highest BCUT2D eigenvalue weighted by Gasteiger charge is 2.17. The molecular formula is C17H19N5O3S. The Kier molecular flexibility index (Phi) is 4.99. The molecule has 0 saturated carbocycles. The monoisotopic (exact) mass is 373 g/mol. The molecule has 9 heteroatoms. The lowest BCUT2D eigenvalue weighted by atomic mass is 10.2. The second kappa shape index (κ2) is 7.20. The van der Waals surface area contributed by atoms with Crippen molar-refractivity contribution in [3.8, 4) is 11.4 Å². The number of hydrogen-bond donors (Lipinski definition) is 0. The van der Waals surface area contributed by atoms with Crippen LogP contribution < -0.4 is 11.2 Å². The summed E-state index contributed by atoms with van der Waals surface area (Å²) in [7, 11) is 3.11. The number of thioether (sulfide) groups is 1. The Morgan fingerprint density at radius 3 is 2.69 bits per heavy atom. The Labute approximate surface area is 153 Å². The Hall–Kier alpha value is -2.81. The molecule has 0 atom stereocenters. The van der Waals surface area contributed by atoms with Crippen LogP contribution >= 0.6 is 11.8 Å². The predicted molar refractivity (Wildman–Crippen MR) is 99.1 cm³/mol. The van der Waals surface area contributed by atoms with E-state index in [9.17, 15) is 9.59 Å². The summed E-state index contributed by atoms with van der Waals surface area (Å²) >= 11 is 1.40. The van der Waals surface area contributed by atoms with Gasteiger partial charge in [0.2, 0.25) is 0 Å². The summed E-state index contributed by atoms with van der Waals surface area (Å²) in [5.41, 5.74) is 0.811. The van der Waals surface area contributed by atoms with E-state index in [4.69, 9.17) is 4.42 Å². The fourth-order valence-electron chi connectivity index (χ4n) is 2.56. The number of rotatable bonds is 6. The topological polar surface area (TPSA) is 87.9 Å². The Bertz CT molecular complexity index is 1070. The minimum atomic E-state index is -0.352. The molecule has 0 amide bonds. The first kappa shape index (κ1) is 18.0. The highest BCUT2D eigenvalue weighted by molar-refractivity contribution is 7.98. The largest absolute Gasteiger partial charge is 0.469 e. The molecule has 0 aromatic carbocycles. The molecule has 0 aliphatic carbocycles. The van der Waals surface area contributed by atoms with Crippen LogP contribution in [0.5, 0.6) is 0 Å². The third kappa shape index (κ3) is 3.17. The van der Waals surface area contributed by atoms with Crippen molar-refractivity contribution in [1.29, 1.82) is 0 Å². The first-order chi connectivity index (χ1) is 12.4. The van der Waals surface area contributed by atoms with E-state index in [1.807, 2.05) is 17.6 Å². The van der Waals surface area contributed by atoms with Gasteiger partial charge in [0.05, 0.1) is 11.8 Å². The third-order valence-electron chi connectivity index (χ3n) is 4.10. The number of aryl methyl sites for hydroxylation is 1. The van der Waals surface area contributed by atoms with Crippen molar-refractivity contribution in [2.45, 2.75) is 24.4 Å². The molecule has 136 valence electrons. The second-order valence-electron chi connectivity index (χ2n) is 5.76. The molecule has 0 radical (unpaired) electrons. The van der Waals surface area contributed by atoms with E-state index >= 15 is 0 Å². The Morgan fingerprint density at radius 2 is 2.04 bits per heavy atom. The first-order valence-electron chi connectivity index (χ1n) is 7.91. The van der Waals surface area contributed by atoms with Crippen LogP contribution in [0.15, 0.2) is 50.2 Å². The molecule has 0 aliphatic rings. The Morgan fingerprint density at radius 1 is 1.27 bits per heavy atom. The van der Waals surface area contributed by atoms with Crippen molar-refractivity contribution in [3.05, 3.63) is 63.3 Å². The lowest BCUT2D eigenvalue weighted by Crippen LogP contribution is -2.37. The lowest BCUT2D eigenvalue weighted by molar-refractivity contribution is 0.534. The van der Waals surface area contributed by atoms with Crippen LogP contribution in [0.1, 0.15) is 11.5 Å². The van der Waals surface area contributed by atoms with E-state index in [1.165, 1.54) is 29.4 Å². The molecule has 0 saturated heterocycles. The minimum absolute atomic E-state index is 0.328. The maximum absolute atomic E-state index is 12.0. The van der Waals surface area contributed by atoms with Crippen LogP contribution in [0.25, 0.3) is 11.4 Å². The number of aromatic nitrogens is 5. The van der Waals surface area contributed by atoms with Gasteiger partial charge in [0, 0.05) is 38.2 Å². The van der Waals surface area contributed by atoms with Gasteiger partial charge in [-0.3, -0.25) is 18.5 Å². The molecule has 0 unspecified atom stereocenters. The van der Waals surface area contributed by atoms with E-state index < -0.39 is 0 Å². The van der Waals surface area contributed by atoms with Gasteiger partial charge in [-0.2, -0.15) is 0 Å². The molecule has 3 aromatic heterocycles. The fraction of sp³-hybridized carbons (Fsp3) is 0.294. The van der Waals surface area contributed by atoms with E-state index in [-0.39, 0.29) is 11.2 Å². The molecule has 3 rings (SSSR count). The summed E-state index contributed by atoms with van der Waals surface area (Å²) in [4.78, 5) is 23.9.